The van der Waals surface area contributed by atoms with E-state index < -0.39 is 0 Å². The molecule has 0 saturated carbocycles. The van der Waals surface area contributed by atoms with Crippen molar-refractivity contribution >= 4 is 37.8 Å². The van der Waals surface area contributed by atoms with Crippen LogP contribution < -0.4 is 5.32 Å². The summed E-state index contributed by atoms with van der Waals surface area (Å²) in [5, 5.41) is 2.90. The number of carbonyl (C=O) groups excluding carboxylic acids is 1. The summed E-state index contributed by atoms with van der Waals surface area (Å²) in [6, 6.07) is 7.91. The Morgan fingerprint density at radius 3 is 2.38 bits per heavy atom. The van der Waals surface area contributed by atoms with Crippen molar-refractivity contribution in [3.63, 3.8) is 0 Å². The monoisotopic (exact) mass is 347 g/mol. The maximum absolute atomic E-state index is 11.7. The molecule has 0 bridgehead atoms. The minimum Gasteiger partial charge on any atom is -0.351 e. The molecule has 0 spiro atoms. The van der Waals surface area contributed by atoms with Gasteiger partial charge < -0.3 is 5.32 Å². The standard InChI is InChI=1S/C12H15Br2NO/c1-8(2)11(14)12(16)15-7-9-3-5-10(13)6-4-9/h3-6,8,11H,7H2,1-2H3,(H,15,16). The van der Waals surface area contributed by atoms with Gasteiger partial charge in [0.25, 0.3) is 0 Å². The molecule has 2 nitrogen and oxygen atoms in total. The van der Waals surface area contributed by atoms with Crippen LogP contribution in [0.15, 0.2) is 28.7 Å². The summed E-state index contributed by atoms with van der Waals surface area (Å²) in [5.74, 6) is 0.336. The Balaban J connectivity index is 2.46. The van der Waals surface area contributed by atoms with E-state index in [-0.39, 0.29) is 10.7 Å². The average molecular weight is 349 g/mol. The van der Waals surface area contributed by atoms with E-state index in [1.54, 1.807) is 0 Å². The van der Waals surface area contributed by atoms with Gasteiger partial charge in [0, 0.05) is 11.0 Å². The zero-order valence-electron chi connectivity index (χ0n) is 9.34. The number of hydrogen-bond acceptors (Lipinski definition) is 1. The van der Waals surface area contributed by atoms with E-state index in [1.165, 1.54) is 0 Å². The molecule has 1 amide bonds. The lowest BCUT2D eigenvalue weighted by molar-refractivity contribution is -0.121. The second-order valence-corrected chi connectivity index (χ2v) is 5.89. The van der Waals surface area contributed by atoms with E-state index in [0.717, 1.165) is 10.0 Å². The van der Waals surface area contributed by atoms with Crippen molar-refractivity contribution in [1.82, 2.24) is 5.32 Å². The van der Waals surface area contributed by atoms with Gasteiger partial charge in [-0.1, -0.05) is 57.8 Å². The fraction of sp³-hybridized carbons (Fsp3) is 0.417. The molecule has 1 aromatic rings. The molecule has 88 valence electrons. The molecule has 0 aliphatic rings. The highest BCUT2D eigenvalue weighted by atomic mass is 79.9. The van der Waals surface area contributed by atoms with Crippen LogP contribution in [0.1, 0.15) is 19.4 Å². The van der Waals surface area contributed by atoms with Crippen LogP contribution in [0, 0.1) is 5.92 Å². The molecular formula is C12H15Br2NO. The van der Waals surface area contributed by atoms with Gasteiger partial charge in [0.05, 0.1) is 4.83 Å². The number of alkyl halides is 1. The van der Waals surface area contributed by atoms with Crippen molar-refractivity contribution < 1.29 is 4.79 Å². The van der Waals surface area contributed by atoms with E-state index in [1.807, 2.05) is 38.1 Å². The van der Waals surface area contributed by atoms with Crippen LogP contribution >= 0.6 is 31.9 Å². The van der Waals surface area contributed by atoms with Crippen molar-refractivity contribution in [2.75, 3.05) is 0 Å². The third-order valence-corrected chi connectivity index (χ3v) is 4.22. The topological polar surface area (TPSA) is 29.1 Å². The lowest BCUT2D eigenvalue weighted by Crippen LogP contribution is -2.33. The van der Waals surface area contributed by atoms with Crippen LogP contribution in [-0.4, -0.2) is 10.7 Å². The first-order chi connectivity index (χ1) is 7.50. The number of carbonyl (C=O) groups is 1. The van der Waals surface area contributed by atoms with Crippen molar-refractivity contribution in [2.24, 2.45) is 5.92 Å². The predicted molar refractivity (Wildman–Crippen MR) is 73.5 cm³/mol. The van der Waals surface area contributed by atoms with Crippen LogP contribution in [-0.2, 0) is 11.3 Å². The Labute approximate surface area is 113 Å². The molecule has 4 heteroatoms. The average Bonchev–Trinajstić information content (AvgIpc) is 2.26. The number of hydrogen-bond donors (Lipinski definition) is 1. The van der Waals surface area contributed by atoms with Gasteiger partial charge in [-0.15, -0.1) is 0 Å². The first-order valence-corrected chi connectivity index (χ1v) is 6.88. The normalized spacial score (nSPS) is 12.6. The molecule has 0 saturated heterocycles. The van der Waals surface area contributed by atoms with Gasteiger partial charge in [-0.3, -0.25) is 4.79 Å². The molecule has 0 aliphatic heterocycles. The Morgan fingerprint density at radius 2 is 1.88 bits per heavy atom. The van der Waals surface area contributed by atoms with Gasteiger partial charge in [0.2, 0.25) is 5.91 Å². The van der Waals surface area contributed by atoms with Gasteiger partial charge in [0.15, 0.2) is 0 Å². The highest BCUT2D eigenvalue weighted by Gasteiger charge is 2.17. The summed E-state index contributed by atoms with van der Waals surface area (Å²) < 4.78 is 1.04. The summed E-state index contributed by atoms with van der Waals surface area (Å²) in [6.07, 6.45) is 0. The first-order valence-electron chi connectivity index (χ1n) is 5.17. The second-order valence-electron chi connectivity index (χ2n) is 3.99. The quantitative estimate of drug-likeness (QED) is 0.829. The molecule has 1 unspecified atom stereocenters. The van der Waals surface area contributed by atoms with Gasteiger partial charge >= 0.3 is 0 Å². The Morgan fingerprint density at radius 1 is 1.31 bits per heavy atom. The molecule has 0 fully saturated rings. The largest absolute Gasteiger partial charge is 0.351 e. The van der Waals surface area contributed by atoms with Gasteiger partial charge in [-0.05, 0) is 23.6 Å². The Bertz CT molecular complexity index is 349. The number of halogens is 2. The summed E-state index contributed by atoms with van der Waals surface area (Å²) in [5.41, 5.74) is 1.10. The Hall–Kier alpha value is -0.350. The molecular weight excluding hydrogens is 334 g/mol. The van der Waals surface area contributed by atoms with E-state index in [2.05, 4.69) is 37.2 Å². The zero-order valence-corrected chi connectivity index (χ0v) is 12.5. The molecule has 0 radical (unpaired) electrons. The highest BCUT2D eigenvalue weighted by Crippen LogP contribution is 2.13. The number of rotatable bonds is 4. The van der Waals surface area contributed by atoms with Gasteiger partial charge in [-0.25, -0.2) is 0 Å². The molecule has 0 aliphatic carbocycles. The zero-order chi connectivity index (χ0) is 12.1. The molecule has 1 rings (SSSR count). The van der Waals surface area contributed by atoms with Crippen molar-refractivity contribution in [1.29, 1.82) is 0 Å². The maximum atomic E-state index is 11.7. The minimum atomic E-state index is -0.122. The van der Waals surface area contributed by atoms with E-state index >= 15 is 0 Å². The van der Waals surface area contributed by atoms with Crippen LogP contribution in [0.25, 0.3) is 0 Å². The van der Waals surface area contributed by atoms with Crippen molar-refractivity contribution in [3.05, 3.63) is 34.3 Å². The van der Waals surface area contributed by atoms with Crippen LogP contribution in [0.5, 0.6) is 0 Å². The maximum Gasteiger partial charge on any atom is 0.234 e. The summed E-state index contributed by atoms with van der Waals surface area (Å²) >= 11 is 6.75. The van der Waals surface area contributed by atoms with Crippen LogP contribution in [0.3, 0.4) is 0 Å². The molecule has 16 heavy (non-hydrogen) atoms. The fourth-order valence-corrected chi connectivity index (χ4v) is 1.62. The lowest BCUT2D eigenvalue weighted by atomic mass is 10.1. The van der Waals surface area contributed by atoms with Gasteiger partial charge in [0.1, 0.15) is 0 Å². The summed E-state index contributed by atoms with van der Waals surface area (Å²) in [4.78, 5) is 11.5. The number of amides is 1. The highest BCUT2D eigenvalue weighted by molar-refractivity contribution is 9.10. The predicted octanol–water partition coefficient (Wildman–Crippen LogP) is 3.48. The molecule has 1 aromatic carbocycles. The molecule has 1 atom stereocenters. The molecule has 0 aromatic heterocycles. The van der Waals surface area contributed by atoms with Crippen molar-refractivity contribution in [3.8, 4) is 0 Å². The summed E-state index contributed by atoms with van der Waals surface area (Å²) in [7, 11) is 0. The Kier molecular flexibility index (Phi) is 5.49. The smallest absolute Gasteiger partial charge is 0.234 e. The fourth-order valence-electron chi connectivity index (χ4n) is 1.19. The SMILES string of the molecule is CC(C)C(Br)C(=O)NCc1ccc(Br)cc1. The lowest BCUT2D eigenvalue weighted by Gasteiger charge is -2.13. The second kappa shape index (κ2) is 6.40. The van der Waals surface area contributed by atoms with E-state index in [9.17, 15) is 4.79 Å². The first kappa shape index (κ1) is 13.7. The molecule has 0 heterocycles. The summed E-state index contributed by atoms with van der Waals surface area (Å²) in [6.45, 7) is 4.60. The minimum absolute atomic E-state index is 0.0397. The number of benzene rings is 1. The molecule has 1 N–H and O–H groups in total. The van der Waals surface area contributed by atoms with Gasteiger partial charge in [-0.2, -0.15) is 0 Å². The van der Waals surface area contributed by atoms with Crippen LogP contribution in [0.2, 0.25) is 0 Å². The van der Waals surface area contributed by atoms with E-state index in [4.69, 9.17) is 0 Å². The van der Waals surface area contributed by atoms with E-state index in [0.29, 0.717) is 12.5 Å². The van der Waals surface area contributed by atoms with Crippen molar-refractivity contribution in [2.45, 2.75) is 25.2 Å². The third-order valence-electron chi connectivity index (χ3n) is 2.22. The number of nitrogens with one attached hydrogen (secondary N) is 1. The third kappa shape index (κ3) is 4.26. The van der Waals surface area contributed by atoms with Crippen LogP contribution in [0.4, 0.5) is 0 Å².